The predicted molar refractivity (Wildman–Crippen MR) is 93.8 cm³/mol. The van der Waals surface area contributed by atoms with Gasteiger partial charge in [-0.25, -0.2) is 4.79 Å². The highest BCUT2D eigenvalue weighted by molar-refractivity contribution is 5.96. The van der Waals surface area contributed by atoms with E-state index in [2.05, 4.69) is 5.32 Å². The van der Waals surface area contributed by atoms with Gasteiger partial charge in [-0.05, 0) is 18.6 Å². The quantitative estimate of drug-likeness (QED) is 0.342. The van der Waals surface area contributed by atoms with Crippen molar-refractivity contribution < 1.29 is 19.2 Å². The zero-order chi connectivity index (χ0) is 18.2. The Hall–Kier alpha value is -2.93. The second-order valence-electron chi connectivity index (χ2n) is 5.47. The minimum absolute atomic E-state index is 0.0979. The standard InChI is InChI=1S/C18H20N2O5/c1-13-4-3-5-14(10-13)12-25-18(21)16-11-15(20(22)23)6-7-17(16)19-8-9-24-2/h3-7,10-11,19H,8-9,12H2,1-2H3. The van der Waals surface area contributed by atoms with Crippen molar-refractivity contribution in [2.45, 2.75) is 13.5 Å². The molecule has 2 aromatic carbocycles. The van der Waals surface area contributed by atoms with Crippen LogP contribution in [0.3, 0.4) is 0 Å². The van der Waals surface area contributed by atoms with Gasteiger partial charge in [0.1, 0.15) is 6.61 Å². The van der Waals surface area contributed by atoms with Gasteiger partial charge in [0, 0.05) is 31.5 Å². The molecule has 0 radical (unpaired) electrons. The molecule has 0 saturated heterocycles. The number of nitrogens with one attached hydrogen (secondary N) is 1. The maximum atomic E-state index is 12.4. The molecule has 0 atom stereocenters. The number of anilines is 1. The third-order valence-electron chi connectivity index (χ3n) is 3.51. The maximum absolute atomic E-state index is 12.4. The van der Waals surface area contributed by atoms with Gasteiger partial charge in [-0.2, -0.15) is 0 Å². The maximum Gasteiger partial charge on any atom is 0.340 e. The van der Waals surface area contributed by atoms with E-state index in [1.807, 2.05) is 31.2 Å². The van der Waals surface area contributed by atoms with Crippen LogP contribution in [0.2, 0.25) is 0 Å². The molecule has 7 heteroatoms. The Morgan fingerprint density at radius 1 is 1.24 bits per heavy atom. The zero-order valence-electron chi connectivity index (χ0n) is 14.2. The number of methoxy groups -OCH3 is 1. The largest absolute Gasteiger partial charge is 0.457 e. The number of carbonyl (C=O) groups excluding carboxylic acids is 1. The lowest BCUT2D eigenvalue weighted by molar-refractivity contribution is -0.384. The van der Waals surface area contributed by atoms with Gasteiger partial charge in [-0.15, -0.1) is 0 Å². The summed E-state index contributed by atoms with van der Waals surface area (Å²) in [6.45, 7) is 2.95. The molecule has 0 amide bonds. The summed E-state index contributed by atoms with van der Waals surface area (Å²) < 4.78 is 10.3. The number of carbonyl (C=O) groups is 1. The second kappa shape index (κ2) is 8.79. The van der Waals surface area contributed by atoms with Crippen LogP contribution in [0.25, 0.3) is 0 Å². The van der Waals surface area contributed by atoms with Gasteiger partial charge >= 0.3 is 5.97 Å². The summed E-state index contributed by atoms with van der Waals surface area (Å²) in [6.07, 6.45) is 0. The molecular weight excluding hydrogens is 324 g/mol. The summed E-state index contributed by atoms with van der Waals surface area (Å²) in [4.78, 5) is 22.8. The average molecular weight is 344 g/mol. The number of benzene rings is 2. The lowest BCUT2D eigenvalue weighted by Crippen LogP contribution is -2.13. The number of rotatable bonds is 8. The molecule has 1 N–H and O–H groups in total. The number of nitrogens with zero attached hydrogens (tertiary/aromatic N) is 1. The zero-order valence-corrected chi connectivity index (χ0v) is 14.2. The van der Waals surface area contributed by atoms with Crippen LogP contribution in [-0.2, 0) is 16.1 Å². The lowest BCUT2D eigenvalue weighted by atomic mass is 10.1. The first-order chi connectivity index (χ1) is 12.0. The molecule has 132 valence electrons. The monoisotopic (exact) mass is 344 g/mol. The van der Waals surface area contributed by atoms with Crippen LogP contribution in [0, 0.1) is 17.0 Å². The van der Waals surface area contributed by atoms with E-state index in [1.54, 1.807) is 7.11 Å². The third kappa shape index (κ3) is 5.29. The molecule has 0 heterocycles. The number of nitro benzene ring substituents is 1. The normalized spacial score (nSPS) is 10.3. The van der Waals surface area contributed by atoms with E-state index in [9.17, 15) is 14.9 Å². The smallest absolute Gasteiger partial charge is 0.340 e. The summed E-state index contributed by atoms with van der Waals surface area (Å²) in [5, 5.41) is 14.0. The number of hydrogen-bond donors (Lipinski definition) is 1. The highest BCUT2D eigenvalue weighted by Gasteiger charge is 2.18. The van der Waals surface area contributed by atoms with Crippen molar-refractivity contribution in [2.24, 2.45) is 0 Å². The molecule has 0 saturated carbocycles. The van der Waals surface area contributed by atoms with Gasteiger partial charge in [-0.3, -0.25) is 10.1 Å². The van der Waals surface area contributed by atoms with Crippen LogP contribution in [0.4, 0.5) is 11.4 Å². The first kappa shape index (κ1) is 18.4. The minimum Gasteiger partial charge on any atom is -0.457 e. The van der Waals surface area contributed by atoms with E-state index in [0.717, 1.165) is 11.1 Å². The lowest BCUT2D eigenvalue weighted by Gasteiger charge is -2.12. The van der Waals surface area contributed by atoms with Crippen molar-refractivity contribution in [3.05, 3.63) is 69.3 Å². The molecule has 2 rings (SSSR count). The predicted octanol–water partition coefficient (Wildman–Crippen LogP) is 3.32. The molecule has 0 spiro atoms. The highest BCUT2D eigenvalue weighted by Crippen LogP contribution is 2.23. The molecule has 7 nitrogen and oxygen atoms in total. The molecule has 0 fully saturated rings. The van der Waals surface area contributed by atoms with E-state index >= 15 is 0 Å². The van der Waals surface area contributed by atoms with Gasteiger partial charge in [0.25, 0.3) is 5.69 Å². The number of non-ortho nitro benzene ring substituents is 1. The van der Waals surface area contributed by atoms with Crippen LogP contribution in [0.15, 0.2) is 42.5 Å². The first-order valence-electron chi connectivity index (χ1n) is 7.75. The Labute approximate surface area is 145 Å². The topological polar surface area (TPSA) is 90.7 Å². The highest BCUT2D eigenvalue weighted by atomic mass is 16.6. The summed E-state index contributed by atoms with van der Waals surface area (Å²) in [5.74, 6) is -0.620. The summed E-state index contributed by atoms with van der Waals surface area (Å²) in [7, 11) is 1.56. The van der Waals surface area contributed by atoms with Crippen molar-refractivity contribution in [2.75, 3.05) is 25.6 Å². The van der Waals surface area contributed by atoms with Crippen LogP contribution >= 0.6 is 0 Å². The van der Waals surface area contributed by atoms with Crippen LogP contribution in [0.5, 0.6) is 0 Å². The summed E-state index contributed by atoms with van der Waals surface area (Å²) >= 11 is 0. The second-order valence-corrected chi connectivity index (χ2v) is 5.47. The Morgan fingerprint density at radius 3 is 2.72 bits per heavy atom. The molecule has 2 aromatic rings. The first-order valence-corrected chi connectivity index (χ1v) is 7.75. The fraction of sp³-hybridized carbons (Fsp3) is 0.278. The average Bonchev–Trinajstić information content (AvgIpc) is 2.60. The van der Waals surface area contributed by atoms with Gasteiger partial charge in [0.15, 0.2) is 0 Å². The summed E-state index contributed by atoms with van der Waals surface area (Å²) in [6, 6.07) is 11.6. The molecule has 0 aromatic heterocycles. The molecule has 0 unspecified atom stereocenters. The van der Waals surface area contributed by atoms with E-state index in [1.165, 1.54) is 18.2 Å². The third-order valence-corrected chi connectivity index (χ3v) is 3.51. The van der Waals surface area contributed by atoms with E-state index in [0.29, 0.717) is 18.8 Å². The van der Waals surface area contributed by atoms with E-state index < -0.39 is 10.9 Å². The fourth-order valence-electron chi connectivity index (χ4n) is 2.29. The molecule has 25 heavy (non-hydrogen) atoms. The molecule has 0 bridgehead atoms. The van der Waals surface area contributed by atoms with Crippen molar-refractivity contribution in [3.8, 4) is 0 Å². The number of ether oxygens (including phenoxy) is 2. The Kier molecular flexibility index (Phi) is 6.47. The van der Waals surface area contributed by atoms with Gasteiger partial charge in [0.2, 0.25) is 0 Å². The number of nitro groups is 1. The van der Waals surface area contributed by atoms with Gasteiger partial charge < -0.3 is 14.8 Å². The Morgan fingerprint density at radius 2 is 2.04 bits per heavy atom. The SMILES string of the molecule is COCCNc1ccc([N+](=O)[O-])cc1C(=O)OCc1cccc(C)c1. The van der Waals surface area contributed by atoms with Gasteiger partial charge in [0.05, 0.1) is 17.1 Å². The molecular formula is C18H20N2O5. The van der Waals surface area contributed by atoms with E-state index in [4.69, 9.17) is 9.47 Å². The summed E-state index contributed by atoms with van der Waals surface area (Å²) in [5.41, 5.74) is 2.34. The van der Waals surface area contributed by atoms with Crippen molar-refractivity contribution in [1.29, 1.82) is 0 Å². The minimum atomic E-state index is -0.620. The fourth-order valence-corrected chi connectivity index (χ4v) is 2.29. The van der Waals surface area contributed by atoms with E-state index in [-0.39, 0.29) is 17.9 Å². The number of esters is 1. The van der Waals surface area contributed by atoms with Crippen LogP contribution in [-0.4, -0.2) is 31.2 Å². The van der Waals surface area contributed by atoms with Crippen molar-refractivity contribution in [1.82, 2.24) is 0 Å². The Bertz CT molecular complexity index is 761. The molecule has 0 aliphatic carbocycles. The number of aryl methyl sites for hydroxylation is 1. The van der Waals surface area contributed by atoms with Crippen molar-refractivity contribution >= 4 is 17.3 Å². The number of hydrogen-bond acceptors (Lipinski definition) is 6. The Balaban J connectivity index is 2.16. The van der Waals surface area contributed by atoms with Crippen LogP contribution < -0.4 is 5.32 Å². The molecule has 0 aliphatic rings. The molecule has 0 aliphatic heterocycles. The van der Waals surface area contributed by atoms with Gasteiger partial charge in [-0.1, -0.05) is 29.8 Å². The van der Waals surface area contributed by atoms with Crippen LogP contribution in [0.1, 0.15) is 21.5 Å². The van der Waals surface area contributed by atoms with Crippen molar-refractivity contribution in [3.63, 3.8) is 0 Å².